The molecule has 1 aromatic rings. The van der Waals surface area contributed by atoms with Crippen molar-refractivity contribution >= 4 is 29.1 Å². The Morgan fingerprint density at radius 3 is 2.55 bits per heavy atom. The van der Waals surface area contributed by atoms with Gasteiger partial charge in [-0.15, -0.1) is 0 Å². The van der Waals surface area contributed by atoms with E-state index in [0.717, 1.165) is 17.0 Å². The van der Waals surface area contributed by atoms with Crippen LogP contribution in [0.4, 0.5) is 18.9 Å². The van der Waals surface area contributed by atoms with Crippen LogP contribution in [0.1, 0.15) is 12.0 Å². The Bertz CT molecular complexity index is 574. The highest BCUT2D eigenvalue weighted by Crippen LogP contribution is 2.38. The SMILES string of the molecule is NC(=O)C1CC(=O)N(c2ccc(Cl)c(C(F)(F)F)c2)C1. The van der Waals surface area contributed by atoms with Crippen molar-refractivity contribution in [3.05, 3.63) is 28.8 Å². The fraction of sp³-hybridized carbons (Fsp3) is 0.333. The summed E-state index contributed by atoms with van der Waals surface area (Å²) < 4.78 is 38.3. The summed E-state index contributed by atoms with van der Waals surface area (Å²) in [7, 11) is 0. The second-order valence-corrected chi connectivity index (χ2v) is 4.88. The highest BCUT2D eigenvalue weighted by Gasteiger charge is 2.37. The molecule has 4 nitrogen and oxygen atoms in total. The number of benzene rings is 1. The minimum absolute atomic E-state index is 0.0207. The monoisotopic (exact) mass is 306 g/mol. The van der Waals surface area contributed by atoms with Gasteiger partial charge in [-0.25, -0.2) is 0 Å². The first-order valence-electron chi connectivity index (χ1n) is 5.66. The lowest BCUT2D eigenvalue weighted by atomic mass is 10.1. The number of alkyl halides is 3. The molecule has 108 valence electrons. The number of anilines is 1. The van der Waals surface area contributed by atoms with Gasteiger partial charge in [-0.05, 0) is 18.2 Å². The summed E-state index contributed by atoms with van der Waals surface area (Å²) >= 11 is 5.51. The molecule has 1 aliphatic rings. The number of halogens is 4. The third-order valence-corrected chi connectivity index (χ3v) is 3.42. The Balaban J connectivity index is 2.35. The Labute approximate surface area is 117 Å². The molecule has 2 amide bonds. The molecule has 1 aliphatic heterocycles. The predicted octanol–water partition coefficient (Wildman–Crippen LogP) is 2.20. The number of amides is 2. The third-order valence-electron chi connectivity index (χ3n) is 3.09. The lowest BCUT2D eigenvalue weighted by Crippen LogP contribution is -2.28. The van der Waals surface area contributed by atoms with Crippen LogP contribution in [-0.4, -0.2) is 18.4 Å². The average Bonchev–Trinajstić information content (AvgIpc) is 2.71. The molecule has 1 fully saturated rings. The van der Waals surface area contributed by atoms with Crippen LogP contribution in [-0.2, 0) is 15.8 Å². The van der Waals surface area contributed by atoms with Gasteiger partial charge in [0.25, 0.3) is 0 Å². The average molecular weight is 307 g/mol. The van der Waals surface area contributed by atoms with E-state index in [0.29, 0.717) is 0 Å². The van der Waals surface area contributed by atoms with Crippen LogP contribution in [0.25, 0.3) is 0 Å². The lowest BCUT2D eigenvalue weighted by Gasteiger charge is -2.18. The van der Waals surface area contributed by atoms with E-state index in [1.807, 2.05) is 0 Å². The molecule has 0 aromatic heterocycles. The highest BCUT2D eigenvalue weighted by atomic mass is 35.5. The van der Waals surface area contributed by atoms with Gasteiger partial charge in [0.1, 0.15) is 0 Å². The van der Waals surface area contributed by atoms with Crippen LogP contribution in [0, 0.1) is 5.92 Å². The molecule has 2 rings (SSSR count). The topological polar surface area (TPSA) is 63.4 Å². The highest BCUT2D eigenvalue weighted by molar-refractivity contribution is 6.31. The maximum Gasteiger partial charge on any atom is 0.417 e. The second kappa shape index (κ2) is 4.97. The van der Waals surface area contributed by atoms with Gasteiger partial charge in [-0.3, -0.25) is 9.59 Å². The van der Waals surface area contributed by atoms with Crippen molar-refractivity contribution in [3.8, 4) is 0 Å². The number of primary amides is 1. The Morgan fingerprint density at radius 1 is 1.40 bits per heavy atom. The van der Waals surface area contributed by atoms with Crippen LogP contribution in [0.5, 0.6) is 0 Å². The molecule has 1 atom stereocenters. The van der Waals surface area contributed by atoms with Crippen molar-refractivity contribution in [2.24, 2.45) is 11.7 Å². The maximum atomic E-state index is 12.8. The van der Waals surface area contributed by atoms with E-state index in [9.17, 15) is 22.8 Å². The van der Waals surface area contributed by atoms with Crippen LogP contribution >= 0.6 is 11.6 Å². The van der Waals surface area contributed by atoms with Gasteiger partial charge in [0.15, 0.2) is 0 Å². The van der Waals surface area contributed by atoms with Gasteiger partial charge in [-0.1, -0.05) is 11.6 Å². The Morgan fingerprint density at radius 2 is 2.05 bits per heavy atom. The molecule has 0 bridgehead atoms. The van der Waals surface area contributed by atoms with E-state index in [4.69, 9.17) is 17.3 Å². The molecule has 1 aromatic carbocycles. The zero-order valence-corrected chi connectivity index (χ0v) is 10.8. The predicted molar refractivity (Wildman–Crippen MR) is 66.1 cm³/mol. The van der Waals surface area contributed by atoms with E-state index in [2.05, 4.69) is 0 Å². The molecule has 20 heavy (non-hydrogen) atoms. The van der Waals surface area contributed by atoms with Crippen molar-refractivity contribution in [2.75, 3.05) is 11.4 Å². The molecule has 8 heteroatoms. The smallest absolute Gasteiger partial charge is 0.369 e. The summed E-state index contributed by atoms with van der Waals surface area (Å²) in [6, 6.07) is 3.17. The number of rotatable bonds is 2. The molecule has 0 aliphatic carbocycles. The molecular weight excluding hydrogens is 297 g/mol. The maximum absolute atomic E-state index is 12.8. The number of hydrogen-bond donors (Lipinski definition) is 1. The van der Waals surface area contributed by atoms with Crippen LogP contribution in [0.15, 0.2) is 18.2 Å². The van der Waals surface area contributed by atoms with Gasteiger partial charge in [0.05, 0.1) is 16.5 Å². The Hall–Kier alpha value is -1.76. The van der Waals surface area contributed by atoms with Gasteiger partial charge in [0, 0.05) is 18.7 Å². The number of hydrogen-bond acceptors (Lipinski definition) is 2. The molecule has 1 saturated heterocycles. The normalized spacial score (nSPS) is 19.5. The van der Waals surface area contributed by atoms with E-state index in [-0.39, 0.29) is 18.7 Å². The van der Waals surface area contributed by atoms with Crippen molar-refractivity contribution in [2.45, 2.75) is 12.6 Å². The van der Waals surface area contributed by atoms with Gasteiger partial charge in [-0.2, -0.15) is 13.2 Å². The zero-order chi connectivity index (χ0) is 15.1. The van der Waals surface area contributed by atoms with Crippen molar-refractivity contribution in [1.82, 2.24) is 0 Å². The van der Waals surface area contributed by atoms with E-state index in [1.165, 1.54) is 6.07 Å². The largest absolute Gasteiger partial charge is 0.417 e. The Kier molecular flexibility index (Phi) is 3.64. The first-order chi connectivity index (χ1) is 9.20. The third kappa shape index (κ3) is 2.72. The fourth-order valence-corrected chi connectivity index (χ4v) is 2.27. The van der Waals surface area contributed by atoms with Gasteiger partial charge >= 0.3 is 6.18 Å². The first-order valence-corrected chi connectivity index (χ1v) is 6.04. The first kappa shape index (κ1) is 14.6. The quantitative estimate of drug-likeness (QED) is 0.910. The van der Waals surface area contributed by atoms with E-state index >= 15 is 0 Å². The minimum atomic E-state index is -4.61. The number of nitrogens with two attached hydrogens (primary N) is 1. The van der Waals surface area contributed by atoms with Crippen molar-refractivity contribution in [1.29, 1.82) is 0 Å². The van der Waals surface area contributed by atoms with Crippen molar-refractivity contribution < 1.29 is 22.8 Å². The fourth-order valence-electron chi connectivity index (χ4n) is 2.05. The summed E-state index contributed by atoms with van der Waals surface area (Å²) in [6.45, 7) is -0.0207. The van der Waals surface area contributed by atoms with Gasteiger partial charge in [0.2, 0.25) is 11.8 Å². The minimum Gasteiger partial charge on any atom is -0.369 e. The summed E-state index contributed by atoms with van der Waals surface area (Å²) in [5.74, 6) is -1.78. The van der Waals surface area contributed by atoms with E-state index < -0.39 is 34.5 Å². The summed E-state index contributed by atoms with van der Waals surface area (Å²) in [5, 5.41) is -0.445. The van der Waals surface area contributed by atoms with Crippen LogP contribution in [0.2, 0.25) is 5.02 Å². The summed E-state index contributed by atoms with van der Waals surface area (Å²) in [4.78, 5) is 23.9. The molecule has 1 heterocycles. The zero-order valence-electron chi connectivity index (χ0n) is 10.1. The summed E-state index contributed by atoms with van der Waals surface area (Å²) in [5.41, 5.74) is 4.13. The molecule has 2 N–H and O–H groups in total. The second-order valence-electron chi connectivity index (χ2n) is 4.47. The number of nitrogens with zero attached hydrogens (tertiary/aromatic N) is 1. The molecule has 0 spiro atoms. The molecular formula is C12H10ClF3N2O2. The van der Waals surface area contributed by atoms with Crippen molar-refractivity contribution in [3.63, 3.8) is 0 Å². The number of carbonyl (C=O) groups excluding carboxylic acids is 2. The standard InChI is InChI=1S/C12H10ClF3N2O2/c13-9-2-1-7(4-8(9)12(14,15)16)18-5-6(11(17)20)3-10(18)19/h1-2,4,6H,3,5H2,(H2,17,20). The van der Waals surface area contributed by atoms with Crippen LogP contribution in [0.3, 0.4) is 0 Å². The number of carbonyl (C=O) groups is 2. The van der Waals surface area contributed by atoms with E-state index in [1.54, 1.807) is 0 Å². The molecule has 0 radical (unpaired) electrons. The van der Waals surface area contributed by atoms with Crippen LogP contribution < -0.4 is 10.6 Å². The lowest BCUT2D eigenvalue weighted by molar-refractivity contribution is -0.137. The molecule has 0 saturated carbocycles. The van der Waals surface area contributed by atoms with Gasteiger partial charge < -0.3 is 10.6 Å². The summed E-state index contributed by atoms with van der Waals surface area (Å²) in [6.07, 6.45) is -4.71. The molecule has 1 unspecified atom stereocenters.